The summed E-state index contributed by atoms with van der Waals surface area (Å²) < 4.78 is 0. The Morgan fingerprint density at radius 1 is 1.00 bits per heavy atom. The quantitative estimate of drug-likeness (QED) is 0.520. The smallest absolute Gasteiger partial charge is 0.106 e. The van der Waals surface area contributed by atoms with Gasteiger partial charge in [0.05, 0.1) is 0 Å². The Bertz CT molecular complexity index is 293. The Balaban J connectivity index is 0.000000561. The van der Waals surface area contributed by atoms with Gasteiger partial charge in [0.15, 0.2) is 0 Å². The van der Waals surface area contributed by atoms with Gasteiger partial charge in [-0.3, -0.25) is 0 Å². The van der Waals surface area contributed by atoms with Gasteiger partial charge in [-0.1, -0.05) is 24.0 Å². The van der Waals surface area contributed by atoms with Crippen molar-refractivity contribution in [3.8, 4) is 24.7 Å². The average molecular weight is 156 g/mol. The summed E-state index contributed by atoms with van der Waals surface area (Å²) in [4.78, 5) is 8.00. The van der Waals surface area contributed by atoms with Crippen LogP contribution in [0.15, 0.2) is 24.3 Å². The monoisotopic (exact) mass is 156 g/mol. The summed E-state index contributed by atoms with van der Waals surface area (Å²) in [5.74, 6) is 5.01. The van der Waals surface area contributed by atoms with Crippen molar-refractivity contribution in [2.24, 2.45) is 0 Å². The molecule has 12 heavy (non-hydrogen) atoms. The van der Waals surface area contributed by atoms with Crippen LogP contribution in [0.25, 0.3) is 0 Å². The predicted octanol–water partition coefficient (Wildman–Crippen LogP) is 1.46. The van der Waals surface area contributed by atoms with Gasteiger partial charge in [0, 0.05) is 11.1 Å². The first-order valence-electron chi connectivity index (χ1n) is 3.19. The highest BCUT2D eigenvalue weighted by molar-refractivity contribution is 5.47. The Morgan fingerprint density at radius 3 is 1.58 bits per heavy atom. The van der Waals surface area contributed by atoms with Crippen LogP contribution in [0.4, 0.5) is 0 Å². The van der Waals surface area contributed by atoms with Gasteiger partial charge in [-0.25, -0.2) is 0 Å². The lowest BCUT2D eigenvalue weighted by atomic mass is 10.1. The van der Waals surface area contributed by atoms with Gasteiger partial charge in [-0.2, -0.15) is 0 Å². The van der Waals surface area contributed by atoms with Crippen LogP contribution in [-0.2, 0) is 4.79 Å². The standard InChI is InChI=1S/C10H6.CH2O/c1-3-9-7-5-6-8-10(9)4-2;1-2/h1-2,5-8H;1H2. The molecule has 1 heteroatoms. The van der Waals surface area contributed by atoms with Gasteiger partial charge >= 0.3 is 0 Å². The van der Waals surface area contributed by atoms with Crippen molar-refractivity contribution in [2.75, 3.05) is 0 Å². The maximum Gasteiger partial charge on any atom is 0.106 e. The summed E-state index contributed by atoms with van der Waals surface area (Å²) in [5, 5.41) is 0. The molecule has 0 amide bonds. The number of terminal acetylenes is 2. The second-order valence-corrected chi connectivity index (χ2v) is 1.83. The minimum Gasteiger partial charge on any atom is -0.307 e. The zero-order valence-corrected chi connectivity index (χ0v) is 6.58. The Kier molecular flexibility index (Phi) is 4.81. The van der Waals surface area contributed by atoms with E-state index in [2.05, 4.69) is 11.8 Å². The molecule has 0 aromatic heterocycles. The first-order valence-corrected chi connectivity index (χ1v) is 3.19. The molecule has 1 nitrogen and oxygen atoms in total. The molecule has 1 rings (SSSR count). The van der Waals surface area contributed by atoms with Gasteiger partial charge in [0.1, 0.15) is 6.79 Å². The third kappa shape index (κ3) is 2.33. The van der Waals surface area contributed by atoms with Crippen LogP contribution >= 0.6 is 0 Å². The molecule has 0 spiro atoms. The maximum absolute atomic E-state index is 8.00. The van der Waals surface area contributed by atoms with Crippen LogP contribution < -0.4 is 0 Å². The topological polar surface area (TPSA) is 17.1 Å². The molecule has 58 valence electrons. The van der Waals surface area contributed by atoms with E-state index >= 15 is 0 Å². The van der Waals surface area contributed by atoms with E-state index in [1.165, 1.54) is 0 Å². The van der Waals surface area contributed by atoms with Crippen LogP contribution in [-0.4, -0.2) is 6.79 Å². The number of carbonyl (C=O) groups is 1. The molecule has 0 saturated heterocycles. The molecule has 0 aliphatic heterocycles. The summed E-state index contributed by atoms with van der Waals surface area (Å²) in [6.45, 7) is 2.00. The average Bonchev–Trinajstić information content (AvgIpc) is 2.20. The second-order valence-electron chi connectivity index (χ2n) is 1.83. The Hall–Kier alpha value is -1.99. The minimum absolute atomic E-state index is 0.782. The van der Waals surface area contributed by atoms with Crippen LogP contribution in [0.5, 0.6) is 0 Å². The van der Waals surface area contributed by atoms with Gasteiger partial charge in [-0.05, 0) is 12.1 Å². The van der Waals surface area contributed by atoms with Crippen molar-refractivity contribution in [2.45, 2.75) is 0 Å². The molecule has 0 atom stereocenters. The normalized spacial score (nSPS) is 6.83. The van der Waals surface area contributed by atoms with Crippen LogP contribution in [0.3, 0.4) is 0 Å². The summed E-state index contributed by atoms with van der Waals surface area (Å²) in [7, 11) is 0. The van der Waals surface area contributed by atoms with E-state index in [1.807, 2.05) is 31.1 Å². The van der Waals surface area contributed by atoms with E-state index in [0.29, 0.717) is 0 Å². The summed E-state index contributed by atoms with van der Waals surface area (Å²) in [5.41, 5.74) is 1.56. The van der Waals surface area contributed by atoms with Crippen molar-refractivity contribution in [3.05, 3.63) is 35.4 Å². The zero-order chi connectivity index (χ0) is 9.40. The van der Waals surface area contributed by atoms with Crippen LogP contribution in [0.1, 0.15) is 11.1 Å². The second kappa shape index (κ2) is 5.77. The molecule has 1 aromatic carbocycles. The highest BCUT2D eigenvalue weighted by Gasteiger charge is 1.90. The fourth-order valence-corrected chi connectivity index (χ4v) is 0.735. The highest BCUT2D eigenvalue weighted by Crippen LogP contribution is 2.03. The number of benzene rings is 1. The fraction of sp³-hybridized carbons (Fsp3) is 0. The van der Waals surface area contributed by atoms with Gasteiger partial charge in [0.2, 0.25) is 0 Å². The van der Waals surface area contributed by atoms with Crippen molar-refractivity contribution in [3.63, 3.8) is 0 Å². The Labute approximate surface area is 72.4 Å². The number of rotatable bonds is 0. The summed E-state index contributed by atoms with van der Waals surface area (Å²) in [6.07, 6.45) is 10.4. The fourth-order valence-electron chi connectivity index (χ4n) is 0.735. The summed E-state index contributed by atoms with van der Waals surface area (Å²) >= 11 is 0. The molecule has 0 fully saturated rings. The van der Waals surface area contributed by atoms with E-state index in [0.717, 1.165) is 11.1 Å². The van der Waals surface area contributed by atoms with Crippen LogP contribution in [0, 0.1) is 24.7 Å². The largest absolute Gasteiger partial charge is 0.307 e. The number of hydrogen-bond acceptors (Lipinski definition) is 1. The molecule has 0 bridgehead atoms. The third-order valence-corrected chi connectivity index (χ3v) is 1.24. The lowest BCUT2D eigenvalue weighted by Gasteiger charge is -1.92. The van der Waals surface area contributed by atoms with Crippen molar-refractivity contribution >= 4 is 6.79 Å². The Morgan fingerprint density at radius 2 is 1.33 bits per heavy atom. The van der Waals surface area contributed by atoms with Crippen molar-refractivity contribution in [1.29, 1.82) is 0 Å². The van der Waals surface area contributed by atoms with E-state index < -0.39 is 0 Å². The molecule has 0 heterocycles. The molecule has 0 radical (unpaired) electrons. The molecule has 0 aliphatic rings. The molecule has 0 aliphatic carbocycles. The van der Waals surface area contributed by atoms with E-state index in [-0.39, 0.29) is 0 Å². The van der Waals surface area contributed by atoms with E-state index in [9.17, 15) is 0 Å². The molecule has 1 aromatic rings. The number of hydrogen-bond donors (Lipinski definition) is 0. The third-order valence-electron chi connectivity index (χ3n) is 1.24. The first kappa shape index (κ1) is 10.0. The number of carbonyl (C=O) groups excluding carboxylic acids is 1. The zero-order valence-electron chi connectivity index (χ0n) is 6.58. The van der Waals surface area contributed by atoms with Gasteiger partial charge in [-0.15, -0.1) is 12.8 Å². The van der Waals surface area contributed by atoms with Crippen molar-refractivity contribution in [1.82, 2.24) is 0 Å². The van der Waals surface area contributed by atoms with Crippen molar-refractivity contribution < 1.29 is 4.79 Å². The summed E-state index contributed by atoms with van der Waals surface area (Å²) in [6, 6.07) is 7.40. The molecule has 0 saturated carbocycles. The molecule has 0 N–H and O–H groups in total. The minimum atomic E-state index is 0.782. The molecule has 0 unspecified atom stereocenters. The maximum atomic E-state index is 8.00. The SMILES string of the molecule is C#Cc1ccccc1C#C.C=O. The molecular formula is C11H8O. The highest BCUT2D eigenvalue weighted by atomic mass is 16.1. The van der Waals surface area contributed by atoms with Gasteiger partial charge < -0.3 is 4.79 Å². The van der Waals surface area contributed by atoms with E-state index in [1.54, 1.807) is 0 Å². The van der Waals surface area contributed by atoms with E-state index in [4.69, 9.17) is 17.6 Å². The van der Waals surface area contributed by atoms with Gasteiger partial charge in [0.25, 0.3) is 0 Å². The lowest BCUT2D eigenvalue weighted by Crippen LogP contribution is -1.79. The first-order chi connectivity index (χ1) is 5.88. The molecular weight excluding hydrogens is 148 g/mol. The van der Waals surface area contributed by atoms with Crippen LogP contribution in [0.2, 0.25) is 0 Å². The lowest BCUT2D eigenvalue weighted by molar-refractivity contribution is -0.0979. The predicted molar refractivity (Wildman–Crippen MR) is 49.4 cm³/mol.